The molecule has 3 heterocycles. The molecule has 1 atom stereocenters. The summed E-state index contributed by atoms with van der Waals surface area (Å²) in [6.45, 7) is 0. The van der Waals surface area contributed by atoms with Crippen LogP contribution in [-0.4, -0.2) is 25.5 Å². The molecule has 5 rings (SSSR count). The van der Waals surface area contributed by atoms with Gasteiger partial charge < -0.3 is 5.32 Å². The SMILES string of the molecule is O=C1CCCC2=C1C(c1ccccc1F)n1nc(-c3cccnc3)nc1N2. The van der Waals surface area contributed by atoms with Crippen molar-refractivity contribution in [1.29, 1.82) is 0 Å². The van der Waals surface area contributed by atoms with E-state index < -0.39 is 6.04 Å². The Hall–Kier alpha value is -3.35. The molecule has 0 saturated carbocycles. The van der Waals surface area contributed by atoms with Crippen molar-refractivity contribution < 1.29 is 9.18 Å². The number of pyridine rings is 1. The van der Waals surface area contributed by atoms with Gasteiger partial charge in [-0.15, -0.1) is 5.10 Å². The molecule has 27 heavy (non-hydrogen) atoms. The summed E-state index contributed by atoms with van der Waals surface area (Å²) in [6, 6.07) is 9.57. The summed E-state index contributed by atoms with van der Waals surface area (Å²) < 4.78 is 16.3. The molecule has 2 aromatic heterocycles. The number of allylic oxidation sites excluding steroid dienone is 2. The third-order valence-corrected chi connectivity index (χ3v) is 4.99. The number of hydrogen-bond acceptors (Lipinski definition) is 5. The van der Waals surface area contributed by atoms with Crippen LogP contribution in [0.2, 0.25) is 0 Å². The van der Waals surface area contributed by atoms with Crippen molar-refractivity contribution in [2.75, 3.05) is 5.32 Å². The molecule has 2 aliphatic rings. The molecule has 3 aromatic rings. The Morgan fingerprint density at radius 1 is 1.15 bits per heavy atom. The number of carbonyl (C=O) groups is 1. The van der Waals surface area contributed by atoms with Crippen LogP contribution in [0.1, 0.15) is 30.9 Å². The normalized spacial score (nSPS) is 18.7. The smallest absolute Gasteiger partial charge is 0.226 e. The number of nitrogens with zero attached hydrogens (tertiary/aromatic N) is 4. The predicted molar refractivity (Wildman–Crippen MR) is 97.3 cm³/mol. The van der Waals surface area contributed by atoms with Gasteiger partial charge in [0.1, 0.15) is 11.9 Å². The summed E-state index contributed by atoms with van der Waals surface area (Å²) in [5.74, 6) is 0.662. The van der Waals surface area contributed by atoms with E-state index in [4.69, 9.17) is 0 Å². The average molecular weight is 361 g/mol. The molecule has 0 radical (unpaired) electrons. The van der Waals surface area contributed by atoms with Crippen LogP contribution < -0.4 is 5.32 Å². The number of benzene rings is 1. The van der Waals surface area contributed by atoms with Gasteiger partial charge in [-0.1, -0.05) is 18.2 Å². The zero-order chi connectivity index (χ0) is 18.4. The van der Waals surface area contributed by atoms with E-state index in [2.05, 4.69) is 20.4 Å². The summed E-state index contributed by atoms with van der Waals surface area (Å²) >= 11 is 0. The fourth-order valence-corrected chi connectivity index (χ4v) is 3.76. The van der Waals surface area contributed by atoms with Crippen LogP contribution in [0.4, 0.5) is 10.3 Å². The third kappa shape index (κ3) is 2.54. The molecule has 1 unspecified atom stereocenters. The van der Waals surface area contributed by atoms with Crippen molar-refractivity contribution in [3.05, 3.63) is 71.4 Å². The molecule has 0 saturated heterocycles. The van der Waals surface area contributed by atoms with Crippen LogP contribution in [0.3, 0.4) is 0 Å². The number of halogens is 1. The molecule has 1 aliphatic carbocycles. The Balaban J connectivity index is 1.71. The van der Waals surface area contributed by atoms with Crippen molar-refractivity contribution in [2.24, 2.45) is 0 Å². The van der Waals surface area contributed by atoms with E-state index in [1.54, 1.807) is 35.3 Å². The van der Waals surface area contributed by atoms with Crippen LogP contribution in [0.15, 0.2) is 60.1 Å². The Morgan fingerprint density at radius 3 is 2.85 bits per heavy atom. The lowest BCUT2D eigenvalue weighted by Gasteiger charge is -2.32. The van der Waals surface area contributed by atoms with E-state index in [-0.39, 0.29) is 11.6 Å². The molecule has 1 N–H and O–H groups in total. The lowest BCUT2D eigenvalue weighted by Crippen LogP contribution is -2.32. The summed E-state index contributed by atoms with van der Waals surface area (Å²) in [5.41, 5.74) is 2.59. The quantitative estimate of drug-likeness (QED) is 0.756. The number of anilines is 1. The summed E-state index contributed by atoms with van der Waals surface area (Å²) in [4.78, 5) is 21.4. The van der Waals surface area contributed by atoms with Gasteiger partial charge in [-0.05, 0) is 31.0 Å². The Bertz CT molecular complexity index is 1070. The van der Waals surface area contributed by atoms with Gasteiger partial charge in [0.05, 0.1) is 0 Å². The van der Waals surface area contributed by atoms with Gasteiger partial charge in [-0.2, -0.15) is 4.98 Å². The molecule has 0 bridgehead atoms. The Morgan fingerprint density at radius 2 is 2.04 bits per heavy atom. The number of Topliss-reactive ketones (excluding diaryl/α,β-unsaturated/α-hetero) is 1. The number of fused-ring (bicyclic) bond motifs is 1. The molecule has 7 heteroatoms. The van der Waals surface area contributed by atoms with Crippen LogP contribution >= 0.6 is 0 Å². The molecule has 134 valence electrons. The minimum atomic E-state index is -0.622. The topological polar surface area (TPSA) is 72.7 Å². The average Bonchev–Trinajstić information content (AvgIpc) is 3.12. The molecule has 0 spiro atoms. The van der Waals surface area contributed by atoms with Crippen LogP contribution in [0.25, 0.3) is 11.4 Å². The van der Waals surface area contributed by atoms with Crippen LogP contribution in [0.5, 0.6) is 0 Å². The highest BCUT2D eigenvalue weighted by Gasteiger charge is 2.37. The van der Waals surface area contributed by atoms with Gasteiger partial charge in [0, 0.05) is 41.2 Å². The summed E-state index contributed by atoms with van der Waals surface area (Å²) in [7, 11) is 0. The molecule has 0 amide bonds. The number of hydrogen-bond donors (Lipinski definition) is 1. The second kappa shape index (κ2) is 6.12. The van der Waals surface area contributed by atoms with E-state index in [0.29, 0.717) is 29.3 Å². The zero-order valence-corrected chi connectivity index (χ0v) is 14.4. The number of nitrogens with one attached hydrogen (secondary N) is 1. The van der Waals surface area contributed by atoms with Crippen molar-refractivity contribution >= 4 is 11.7 Å². The minimum absolute atomic E-state index is 0.0288. The van der Waals surface area contributed by atoms with E-state index in [1.165, 1.54) is 6.07 Å². The molecule has 0 fully saturated rings. The Labute approximate surface area is 154 Å². The van der Waals surface area contributed by atoms with Crippen LogP contribution in [0, 0.1) is 5.82 Å². The maximum atomic E-state index is 14.7. The number of carbonyl (C=O) groups excluding carboxylic acids is 1. The fraction of sp³-hybridized carbons (Fsp3) is 0.200. The van der Waals surface area contributed by atoms with Gasteiger partial charge in [0.25, 0.3) is 0 Å². The first kappa shape index (κ1) is 15.9. The van der Waals surface area contributed by atoms with Gasteiger partial charge >= 0.3 is 0 Å². The first-order valence-corrected chi connectivity index (χ1v) is 8.87. The largest absolute Gasteiger partial charge is 0.328 e. The first-order valence-electron chi connectivity index (χ1n) is 8.87. The van der Waals surface area contributed by atoms with Gasteiger partial charge in [-0.25, -0.2) is 9.07 Å². The lowest BCUT2D eigenvalue weighted by molar-refractivity contribution is -0.116. The lowest BCUT2D eigenvalue weighted by atomic mass is 9.85. The summed E-state index contributed by atoms with van der Waals surface area (Å²) in [6.07, 6.45) is 5.33. The van der Waals surface area contributed by atoms with E-state index in [1.807, 2.05) is 12.1 Å². The summed E-state index contributed by atoms with van der Waals surface area (Å²) in [5, 5.41) is 7.84. The van der Waals surface area contributed by atoms with E-state index in [9.17, 15) is 9.18 Å². The number of ketones is 1. The van der Waals surface area contributed by atoms with Crippen molar-refractivity contribution in [3.63, 3.8) is 0 Å². The number of rotatable bonds is 2. The predicted octanol–water partition coefficient (Wildman–Crippen LogP) is 3.50. The highest BCUT2D eigenvalue weighted by atomic mass is 19.1. The maximum Gasteiger partial charge on any atom is 0.226 e. The van der Waals surface area contributed by atoms with Crippen LogP contribution in [-0.2, 0) is 4.79 Å². The van der Waals surface area contributed by atoms with E-state index in [0.717, 1.165) is 24.1 Å². The van der Waals surface area contributed by atoms with Crippen molar-refractivity contribution in [1.82, 2.24) is 19.7 Å². The second-order valence-corrected chi connectivity index (χ2v) is 6.66. The van der Waals surface area contributed by atoms with Gasteiger partial charge in [0.15, 0.2) is 11.6 Å². The molecule has 6 nitrogen and oxygen atoms in total. The molecular weight excluding hydrogens is 345 g/mol. The van der Waals surface area contributed by atoms with Gasteiger partial charge in [-0.3, -0.25) is 9.78 Å². The molecule has 1 aromatic carbocycles. The van der Waals surface area contributed by atoms with E-state index >= 15 is 0 Å². The third-order valence-electron chi connectivity index (χ3n) is 4.99. The minimum Gasteiger partial charge on any atom is -0.328 e. The standard InChI is InChI=1S/C20H16FN5O/c21-14-7-2-1-6-13(14)18-17-15(8-3-9-16(17)27)23-20-24-19(25-26(18)20)12-5-4-10-22-11-12/h1-2,4-7,10-11,18H,3,8-9H2,(H,23,24,25). The van der Waals surface area contributed by atoms with Gasteiger partial charge in [0.2, 0.25) is 5.95 Å². The number of aromatic nitrogens is 4. The maximum absolute atomic E-state index is 14.7. The first-order chi connectivity index (χ1) is 13.2. The van der Waals surface area contributed by atoms with Crippen molar-refractivity contribution in [3.8, 4) is 11.4 Å². The Kier molecular flexibility index (Phi) is 3.60. The monoisotopic (exact) mass is 361 g/mol. The highest BCUT2D eigenvalue weighted by molar-refractivity contribution is 5.99. The second-order valence-electron chi connectivity index (χ2n) is 6.66. The zero-order valence-electron chi connectivity index (χ0n) is 14.4. The van der Waals surface area contributed by atoms with Crippen molar-refractivity contribution in [2.45, 2.75) is 25.3 Å². The fourth-order valence-electron chi connectivity index (χ4n) is 3.76. The molecular formula is C20H16FN5O. The highest BCUT2D eigenvalue weighted by Crippen LogP contribution is 2.41. The molecule has 1 aliphatic heterocycles.